The fourth-order valence-corrected chi connectivity index (χ4v) is 12.4. The van der Waals surface area contributed by atoms with Gasteiger partial charge >= 0.3 is 6.18 Å². The molecule has 7 heterocycles. The van der Waals surface area contributed by atoms with Crippen LogP contribution in [-0.2, 0) is 22.7 Å². The number of thiophene rings is 1. The van der Waals surface area contributed by atoms with Crippen molar-refractivity contribution in [2.45, 2.75) is 78.7 Å². The van der Waals surface area contributed by atoms with E-state index in [0.717, 1.165) is 114 Å². The summed E-state index contributed by atoms with van der Waals surface area (Å²) in [6.07, 6.45) is 0.955. The summed E-state index contributed by atoms with van der Waals surface area (Å²) in [5.74, 6) is 8.83. The highest BCUT2D eigenvalue weighted by molar-refractivity contribution is 7.64. The van der Waals surface area contributed by atoms with Crippen molar-refractivity contribution < 1.29 is 22.8 Å². The standard InChI is InChI=1S/C28H32F3N4OP.C17H15ClN4S.C13H25N3O/c1-37(2)24-10-8-21(9-11-24)32-14-4-5-23-19-25-26(33-22-12-15-34(16-13-22)17-18-36)6-3-7-27(25)35(23)20-28(29,30)31;1-9-10(2)23-17-15(9)16(12-4-6-13(18)7-5-12)19-8-14-21-20-11(3)22(14)17;1-12(17)16-9-7-15(8-10-16)11-13-3-5-14(2)6-4-13/h3,6-11,18-19,22,32-33H,12-17,20H2,1-2H3;4-7H,8H2,1-3H3;13H,3-11H2,1-2H3. The van der Waals surface area contributed by atoms with Crippen LogP contribution in [-0.4, -0.2) is 161 Å². The van der Waals surface area contributed by atoms with Crippen molar-refractivity contribution in [2.24, 2.45) is 10.9 Å². The third-order valence-corrected chi connectivity index (χ3v) is 17.7. The number of nitrogens with one attached hydrogen (secondary N) is 2. The van der Waals surface area contributed by atoms with Gasteiger partial charge in [0.1, 0.15) is 30.2 Å². The van der Waals surface area contributed by atoms with Crippen molar-refractivity contribution in [3.05, 3.63) is 117 Å². The lowest BCUT2D eigenvalue weighted by molar-refractivity contribution is -0.140. The van der Waals surface area contributed by atoms with Crippen molar-refractivity contribution in [3.63, 3.8) is 0 Å². The molecule has 0 bridgehead atoms. The average molecular weight is 1110 g/mol. The molecule has 0 spiro atoms. The number of amides is 1. The number of benzene rings is 3. The second-order valence-electron chi connectivity index (χ2n) is 20.6. The quantitative estimate of drug-likeness (QED) is 0.0743. The van der Waals surface area contributed by atoms with Crippen LogP contribution in [0.2, 0.25) is 5.02 Å². The van der Waals surface area contributed by atoms with E-state index in [1.54, 1.807) is 36.5 Å². The Balaban J connectivity index is 0.000000166. The number of alkyl halides is 3. The van der Waals surface area contributed by atoms with Gasteiger partial charge in [0.2, 0.25) is 5.91 Å². The molecule has 13 nitrogen and oxygen atoms in total. The largest absolute Gasteiger partial charge is 0.406 e. The molecular formula is C58H72ClF3N11O2PS. The minimum absolute atomic E-state index is 0.163. The third kappa shape index (κ3) is 15.2. The number of halogens is 4. The maximum absolute atomic E-state index is 13.5. The fraction of sp³-hybridized carbons (Fsp3) is 0.466. The Labute approximate surface area is 462 Å². The van der Waals surface area contributed by atoms with Crippen molar-refractivity contribution in [1.82, 2.24) is 38.9 Å². The average Bonchev–Trinajstić information content (AvgIpc) is 4.01. The molecule has 0 unspecified atom stereocenters. The molecule has 0 saturated carbocycles. The number of piperazine rings is 1. The van der Waals surface area contributed by atoms with Crippen LogP contribution in [0.5, 0.6) is 0 Å². The van der Waals surface area contributed by atoms with E-state index in [1.807, 2.05) is 54.3 Å². The lowest BCUT2D eigenvalue weighted by atomic mass is 9.96. The van der Waals surface area contributed by atoms with Crippen LogP contribution in [0, 0.1) is 38.5 Å². The van der Waals surface area contributed by atoms with Gasteiger partial charge in [-0.25, -0.2) is 0 Å². The molecule has 4 aliphatic rings. The molecule has 3 saturated heterocycles. The first-order valence-corrected chi connectivity index (χ1v) is 30.0. The third-order valence-electron chi connectivity index (χ3n) is 14.9. The molecule has 77 heavy (non-hydrogen) atoms. The van der Waals surface area contributed by atoms with Gasteiger partial charge in [0.05, 0.1) is 30.0 Å². The molecule has 3 fully saturated rings. The van der Waals surface area contributed by atoms with Crippen LogP contribution in [0.1, 0.15) is 71.5 Å². The minimum Gasteiger partial charge on any atom is -0.382 e. The molecule has 10 rings (SSSR count). The van der Waals surface area contributed by atoms with E-state index >= 15 is 0 Å². The SMILES string of the molecule is CC(=O)N1CCN(CC2CCN(C)CC2)CC1.CP(C)c1ccc(NCC#Cc2cc3c(NC4CCN(CC=O)CC4)cccc3n2CC(F)(F)F)cc1.Cc1sc2c(c1C)C(c1ccc(Cl)cc1)=NCc1nnc(C)n1-2. The van der Waals surface area contributed by atoms with Crippen molar-refractivity contribution in [3.8, 4) is 16.8 Å². The van der Waals surface area contributed by atoms with Crippen molar-refractivity contribution >= 4 is 76.3 Å². The number of nitrogens with zero attached hydrogens (tertiary/aromatic N) is 9. The predicted molar refractivity (Wildman–Crippen MR) is 311 cm³/mol. The van der Waals surface area contributed by atoms with Crippen LogP contribution in [0.3, 0.4) is 0 Å². The second-order valence-corrected chi connectivity index (χ2v) is 24.6. The Kier molecular flexibility index (Phi) is 19.7. The summed E-state index contributed by atoms with van der Waals surface area (Å²) < 4.78 is 43.8. The Morgan fingerprint density at radius 2 is 1.60 bits per heavy atom. The fourth-order valence-electron chi connectivity index (χ4n) is 10.4. The molecule has 3 aromatic carbocycles. The van der Waals surface area contributed by atoms with Crippen LogP contribution >= 0.6 is 30.9 Å². The Morgan fingerprint density at radius 1 is 0.896 bits per heavy atom. The number of hydrogen-bond acceptors (Lipinski definition) is 11. The van der Waals surface area contributed by atoms with Crippen LogP contribution in [0.25, 0.3) is 15.9 Å². The molecule has 3 aromatic heterocycles. The van der Waals surface area contributed by atoms with E-state index in [-0.39, 0.29) is 19.9 Å². The van der Waals surface area contributed by atoms with Gasteiger partial charge in [-0.15, -0.1) is 21.5 Å². The van der Waals surface area contributed by atoms with Crippen LogP contribution in [0.4, 0.5) is 24.5 Å². The lowest BCUT2D eigenvalue weighted by Crippen LogP contribution is -2.49. The zero-order valence-corrected chi connectivity index (χ0v) is 47.9. The van der Waals surface area contributed by atoms with Crippen molar-refractivity contribution in [1.29, 1.82) is 0 Å². The number of aromatic nitrogens is 4. The van der Waals surface area contributed by atoms with Crippen LogP contribution in [0.15, 0.2) is 77.8 Å². The molecule has 6 aromatic rings. The Bertz CT molecular complexity index is 3050. The molecule has 19 heteroatoms. The zero-order valence-electron chi connectivity index (χ0n) is 45.4. The summed E-state index contributed by atoms with van der Waals surface area (Å²) in [6, 6.07) is 23.4. The molecule has 0 radical (unpaired) electrons. The normalized spacial score (nSPS) is 16.7. The number of aliphatic imine (C=N–C) groups is 1. The summed E-state index contributed by atoms with van der Waals surface area (Å²) in [5.41, 5.74) is 7.09. The topological polar surface area (TPSA) is 119 Å². The van der Waals surface area contributed by atoms with Crippen LogP contribution < -0.4 is 15.9 Å². The highest BCUT2D eigenvalue weighted by atomic mass is 35.5. The number of carbonyl (C=O) groups excluding carboxylic acids is 2. The molecular weight excluding hydrogens is 1040 g/mol. The summed E-state index contributed by atoms with van der Waals surface area (Å²) in [4.78, 5) is 37.2. The summed E-state index contributed by atoms with van der Waals surface area (Å²) >= 11 is 7.80. The summed E-state index contributed by atoms with van der Waals surface area (Å²) in [5, 5.41) is 19.2. The highest BCUT2D eigenvalue weighted by Crippen LogP contribution is 2.37. The molecule has 2 N–H and O–H groups in total. The van der Waals surface area contributed by atoms with Crippen molar-refractivity contribution in [2.75, 3.05) is 103 Å². The number of carbonyl (C=O) groups is 2. The zero-order chi connectivity index (χ0) is 54.8. The van der Waals surface area contributed by atoms with E-state index in [0.29, 0.717) is 30.8 Å². The Hall–Kier alpha value is -5.60. The number of aldehydes is 1. The minimum atomic E-state index is -4.37. The Morgan fingerprint density at radius 3 is 2.25 bits per heavy atom. The van der Waals surface area contributed by atoms with E-state index in [2.05, 4.69) is 98.3 Å². The number of fused-ring (bicyclic) bond motifs is 4. The van der Waals surface area contributed by atoms with Gasteiger partial charge in [-0.2, -0.15) is 13.2 Å². The van der Waals surface area contributed by atoms with Gasteiger partial charge in [-0.05, 0) is 145 Å². The molecule has 4 aliphatic heterocycles. The van der Waals surface area contributed by atoms with Gasteiger partial charge in [0.15, 0.2) is 5.82 Å². The number of likely N-dealkylation sites (tertiary alicyclic amines) is 2. The van der Waals surface area contributed by atoms with E-state index < -0.39 is 12.7 Å². The first kappa shape index (κ1) is 57.6. The molecule has 1 amide bonds. The van der Waals surface area contributed by atoms with E-state index in [4.69, 9.17) is 16.6 Å². The number of hydrogen-bond donors (Lipinski definition) is 2. The van der Waals surface area contributed by atoms with Gasteiger partial charge in [0, 0.05) is 96.6 Å². The van der Waals surface area contributed by atoms with Gasteiger partial charge < -0.3 is 29.8 Å². The first-order chi connectivity index (χ1) is 36.9. The van der Waals surface area contributed by atoms with E-state index in [9.17, 15) is 22.8 Å². The number of aryl methyl sites for hydroxylation is 2. The monoisotopic (exact) mass is 1110 g/mol. The summed E-state index contributed by atoms with van der Waals surface area (Å²) in [6.45, 7) is 21.9. The first-order valence-electron chi connectivity index (χ1n) is 26.5. The number of anilines is 2. The second kappa shape index (κ2) is 26.4. The summed E-state index contributed by atoms with van der Waals surface area (Å²) in [7, 11) is 2.05. The predicted octanol–water partition coefficient (Wildman–Crippen LogP) is 9.86. The number of piperidine rings is 2. The number of rotatable bonds is 11. The molecule has 0 atom stereocenters. The maximum Gasteiger partial charge on any atom is 0.406 e. The van der Waals surface area contributed by atoms with E-state index in [1.165, 1.54) is 58.4 Å². The van der Waals surface area contributed by atoms with Gasteiger partial charge in [-0.3, -0.25) is 24.2 Å². The van der Waals surface area contributed by atoms with Gasteiger partial charge in [-0.1, -0.05) is 55.8 Å². The molecule has 0 aliphatic carbocycles. The van der Waals surface area contributed by atoms with Gasteiger partial charge in [0.25, 0.3) is 0 Å². The molecule has 410 valence electrons. The smallest absolute Gasteiger partial charge is 0.382 e. The maximum atomic E-state index is 13.5. The lowest BCUT2D eigenvalue weighted by Gasteiger charge is -2.38. The highest BCUT2D eigenvalue weighted by Gasteiger charge is 2.31.